The minimum Gasteiger partial charge on any atom is -0.394 e. The number of amides is 1. The van der Waals surface area contributed by atoms with E-state index in [1.165, 1.54) is 0 Å². The number of aliphatic hydroxyl groups is 1. The molecule has 3 aromatic carbocycles. The van der Waals surface area contributed by atoms with Crippen molar-refractivity contribution in [2.24, 2.45) is 5.92 Å². The van der Waals surface area contributed by atoms with Gasteiger partial charge in [-0.15, -0.1) is 0 Å². The van der Waals surface area contributed by atoms with E-state index in [4.69, 9.17) is 0 Å². The Balaban J connectivity index is 2.19. The molecule has 0 saturated heterocycles. The average molecular weight is 445 g/mol. The molecule has 0 fully saturated rings. The SMILES string of the molecule is CC(C)C[C@H](NC(c1ccccc1)(c1ccccc1)c1ccccc1)C(=O)N[C@H](C=O)CO. The van der Waals surface area contributed by atoms with E-state index in [1.54, 1.807) is 0 Å². The Morgan fingerprint density at radius 3 is 1.61 bits per heavy atom. The number of hydrogen-bond acceptors (Lipinski definition) is 4. The van der Waals surface area contributed by atoms with Gasteiger partial charge in [-0.05, 0) is 29.0 Å². The third-order valence-corrected chi connectivity index (χ3v) is 5.72. The van der Waals surface area contributed by atoms with Crippen LogP contribution in [-0.2, 0) is 15.1 Å². The van der Waals surface area contributed by atoms with Crippen molar-refractivity contribution in [3.8, 4) is 0 Å². The van der Waals surface area contributed by atoms with Gasteiger partial charge in [0.25, 0.3) is 0 Å². The second-order valence-corrected chi connectivity index (χ2v) is 8.61. The highest BCUT2D eigenvalue weighted by Gasteiger charge is 2.40. The summed E-state index contributed by atoms with van der Waals surface area (Å²) in [5.74, 6) is -0.0981. The highest BCUT2D eigenvalue weighted by atomic mass is 16.3. The van der Waals surface area contributed by atoms with Gasteiger partial charge in [0.05, 0.1) is 18.2 Å². The van der Waals surface area contributed by atoms with Crippen LogP contribution in [0.2, 0.25) is 0 Å². The molecule has 5 nitrogen and oxygen atoms in total. The number of hydrogen-bond donors (Lipinski definition) is 3. The number of rotatable bonds is 11. The van der Waals surface area contributed by atoms with Crippen molar-refractivity contribution in [3.63, 3.8) is 0 Å². The number of benzene rings is 3. The van der Waals surface area contributed by atoms with Gasteiger partial charge in [-0.3, -0.25) is 10.1 Å². The molecule has 0 bridgehead atoms. The van der Waals surface area contributed by atoms with Crippen LogP contribution in [0.1, 0.15) is 37.0 Å². The molecule has 3 N–H and O–H groups in total. The fourth-order valence-electron chi connectivity index (χ4n) is 4.18. The van der Waals surface area contributed by atoms with E-state index in [1.807, 2.05) is 54.6 Å². The van der Waals surface area contributed by atoms with E-state index >= 15 is 0 Å². The van der Waals surface area contributed by atoms with E-state index in [2.05, 4.69) is 60.9 Å². The molecule has 3 rings (SSSR count). The Morgan fingerprint density at radius 1 is 0.848 bits per heavy atom. The maximum absolute atomic E-state index is 13.3. The molecular formula is C28H32N2O3. The van der Waals surface area contributed by atoms with Crippen LogP contribution in [0.25, 0.3) is 0 Å². The number of carbonyl (C=O) groups is 2. The molecule has 0 aromatic heterocycles. The van der Waals surface area contributed by atoms with Gasteiger partial charge in [0.1, 0.15) is 12.3 Å². The van der Waals surface area contributed by atoms with Crippen LogP contribution >= 0.6 is 0 Å². The lowest BCUT2D eigenvalue weighted by molar-refractivity contribution is -0.127. The van der Waals surface area contributed by atoms with Crippen molar-refractivity contribution in [1.29, 1.82) is 0 Å². The Labute approximate surface area is 195 Å². The highest BCUT2D eigenvalue weighted by Crippen LogP contribution is 2.37. The molecule has 1 amide bonds. The third-order valence-electron chi connectivity index (χ3n) is 5.72. The van der Waals surface area contributed by atoms with Crippen LogP contribution in [0, 0.1) is 5.92 Å². The van der Waals surface area contributed by atoms with E-state index in [0.29, 0.717) is 12.7 Å². The quantitative estimate of drug-likeness (QED) is 0.312. The summed E-state index contributed by atoms with van der Waals surface area (Å²) < 4.78 is 0. The van der Waals surface area contributed by atoms with Gasteiger partial charge in [-0.25, -0.2) is 0 Å². The van der Waals surface area contributed by atoms with Crippen molar-refractivity contribution in [1.82, 2.24) is 10.6 Å². The lowest BCUT2D eigenvalue weighted by Crippen LogP contribution is -2.57. The van der Waals surface area contributed by atoms with Crippen molar-refractivity contribution >= 4 is 12.2 Å². The van der Waals surface area contributed by atoms with Crippen molar-refractivity contribution in [3.05, 3.63) is 108 Å². The molecule has 33 heavy (non-hydrogen) atoms. The second-order valence-electron chi connectivity index (χ2n) is 8.61. The summed E-state index contributed by atoms with van der Waals surface area (Å²) in [5, 5.41) is 15.8. The highest BCUT2D eigenvalue weighted by molar-refractivity contribution is 5.84. The lowest BCUT2D eigenvalue weighted by Gasteiger charge is -2.40. The molecule has 172 valence electrons. The molecule has 0 aliphatic carbocycles. The first kappa shape index (κ1) is 24.4. The normalized spacial score (nSPS) is 13.3. The summed E-state index contributed by atoms with van der Waals surface area (Å²) in [6, 6.07) is 28.6. The van der Waals surface area contributed by atoms with Crippen molar-refractivity contribution in [2.45, 2.75) is 37.9 Å². The minimum atomic E-state index is -0.937. The molecule has 5 heteroatoms. The lowest BCUT2D eigenvalue weighted by atomic mass is 9.76. The van der Waals surface area contributed by atoms with Crippen LogP contribution in [0.3, 0.4) is 0 Å². The zero-order valence-electron chi connectivity index (χ0n) is 19.1. The monoisotopic (exact) mass is 444 g/mol. The van der Waals surface area contributed by atoms with Gasteiger partial charge < -0.3 is 15.2 Å². The molecule has 0 radical (unpaired) electrons. The Bertz CT molecular complexity index is 910. The average Bonchev–Trinajstić information content (AvgIpc) is 2.86. The molecule has 3 aromatic rings. The molecule has 0 saturated carbocycles. The van der Waals surface area contributed by atoms with Gasteiger partial charge in [-0.1, -0.05) is 105 Å². The number of aliphatic hydroxyl groups excluding tert-OH is 1. The van der Waals surface area contributed by atoms with E-state index in [9.17, 15) is 14.7 Å². The Hall–Kier alpha value is -3.28. The first-order valence-electron chi connectivity index (χ1n) is 11.3. The van der Waals surface area contributed by atoms with Crippen LogP contribution in [0.5, 0.6) is 0 Å². The molecule has 0 heterocycles. The zero-order chi connectivity index (χ0) is 23.7. The summed E-state index contributed by atoms with van der Waals surface area (Å²) in [5.41, 5.74) is 2.19. The van der Waals surface area contributed by atoms with Crippen LogP contribution in [-0.4, -0.2) is 36.0 Å². The largest absolute Gasteiger partial charge is 0.394 e. The maximum Gasteiger partial charge on any atom is 0.237 e. The summed E-state index contributed by atoms with van der Waals surface area (Å²) >= 11 is 0. The van der Waals surface area contributed by atoms with Crippen molar-refractivity contribution in [2.75, 3.05) is 6.61 Å². The van der Waals surface area contributed by atoms with Crippen LogP contribution < -0.4 is 10.6 Å². The smallest absolute Gasteiger partial charge is 0.237 e. The fraction of sp³-hybridized carbons (Fsp3) is 0.286. The van der Waals surface area contributed by atoms with Gasteiger partial charge in [-0.2, -0.15) is 0 Å². The van der Waals surface area contributed by atoms with Gasteiger partial charge in [0.2, 0.25) is 5.91 Å². The first-order chi connectivity index (χ1) is 16.0. The first-order valence-corrected chi connectivity index (χ1v) is 11.3. The van der Waals surface area contributed by atoms with Crippen LogP contribution in [0.4, 0.5) is 0 Å². The molecule has 0 unspecified atom stereocenters. The molecule has 0 aliphatic heterocycles. The third kappa shape index (κ3) is 5.75. The predicted octanol–water partition coefficient (Wildman–Crippen LogP) is 3.66. The molecule has 2 atom stereocenters. The summed E-state index contributed by atoms with van der Waals surface area (Å²) in [4.78, 5) is 24.6. The zero-order valence-corrected chi connectivity index (χ0v) is 19.1. The number of aldehydes is 1. The molecule has 0 spiro atoms. The number of nitrogens with one attached hydrogen (secondary N) is 2. The van der Waals surface area contributed by atoms with Gasteiger partial charge in [0.15, 0.2) is 0 Å². The summed E-state index contributed by atoms with van der Waals surface area (Å²) in [6.07, 6.45) is 1.11. The topological polar surface area (TPSA) is 78.4 Å². The standard InChI is InChI=1S/C28H32N2O3/c1-21(2)18-26(27(33)29-25(19-31)20-32)30-28(22-12-6-3-7-13-22,23-14-8-4-9-15-23)24-16-10-5-11-17-24/h3-17,19,21,25-26,30,32H,18,20H2,1-2H3,(H,29,33)/t25-,26+/m1/s1. The molecular weight excluding hydrogens is 412 g/mol. The summed E-state index contributed by atoms with van der Waals surface area (Å²) in [6.45, 7) is 3.67. The fourth-order valence-corrected chi connectivity index (χ4v) is 4.18. The van der Waals surface area contributed by atoms with Gasteiger partial charge >= 0.3 is 0 Å². The van der Waals surface area contributed by atoms with E-state index < -0.39 is 24.2 Å². The van der Waals surface area contributed by atoms with Crippen molar-refractivity contribution < 1.29 is 14.7 Å². The molecule has 0 aliphatic rings. The summed E-state index contributed by atoms with van der Waals surface area (Å²) in [7, 11) is 0. The minimum absolute atomic E-state index is 0.220. The van der Waals surface area contributed by atoms with Crippen LogP contribution in [0.15, 0.2) is 91.0 Å². The Kier molecular flexibility index (Phi) is 8.52. The second kappa shape index (κ2) is 11.5. The number of carbonyl (C=O) groups excluding carboxylic acids is 2. The Morgan fingerprint density at radius 2 is 1.27 bits per heavy atom. The van der Waals surface area contributed by atoms with Gasteiger partial charge in [0, 0.05) is 0 Å². The van der Waals surface area contributed by atoms with E-state index in [-0.39, 0.29) is 11.8 Å². The maximum atomic E-state index is 13.3. The van der Waals surface area contributed by atoms with E-state index in [0.717, 1.165) is 16.7 Å². The predicted molar refractivity (Wildman–Crippen MR) is 131 cm³/mol.